The second-order valence-corrected chi connectivity index (χ2v) is 4.68. The highest BCUT2D eigenvalue weighted by Gasteiger charge is 2.10. The topological polar surface area (TPSA) is 72.8 Å². The molecule has 0 saturated heterocycles. The molecule has 0 aliphatic rings. The monoisotopic (exact) mass is 312 g/mol. The van der Waals surface area contributed by atoms with E-state index in [1.165, 1.54) is 6.07 Å². The van der Waals surface area contributed by atoms with Crippen molar-refractivity contribution in [2.45, 2.75) is 24.8 Å². The van der Waals surface area contributed by atoms with E-state index in [2.05, 4.69) is 6.58 Å². The first-order valence-electron chi connectivity index (χ1n) is 6.47. The summed E-state index contributed by atoms with van der Waals surface area (Å²) in [5, 5.41) is 8.99. The van der Waals surface area contributed by atoms with Gasteiger partial charge in [0.05, 0.1) is 6.61 Å². The molecule has 0 spiro atoms. The molecule has 0 radical (unpaired) electrons. The molecule has 0 heterocycles. The highest BCUT2D eigenvalue weighted by Crippen LogP contribution is 2.18. The molecular formula is C15H17ClO5. The maximum absolute atomic E-state index is 11.0. The van der Waals surface area contributed by atoms with Crippen LogP contribution in [0.25, 0.3) is 0 Å². The van der Waals surface area contributed by atoms with E-state index in [9.17, 15) is 9.59 Å². The molecule has 0 amide bonds. The first kappa shape index (κ1) is 17.0. The van der Waals surface area contributed by atoms with Gasteiger partial charge < -0.3 is 14.6 Å². The van der Waals surface area contributed by atoms with Crippen LogP contribution in [0.15, 0.2) is 36.9 Å². The van der Waals surface area contributed by atoms with Gasteiger partial charge in [0.15, 0.2) is 5.56 Å². The fourth-order valence-corrected chi connectivity index (χ4v) is 1.83. The van der Waals surface area contributed by atoms with Gasteiger partial charge in [-0.1, -0.05) is 30.3 Å². The number of benzene rings is 1. The quantitative estimate of drug-likeness (QED) is 0.328. The Morgan fingerprint density at radius 2 is 2.05 bits per heavy atom. The molecular weight excluding hydrogens is 296 g/mol. The average molecular weight is 313 g/mol. The normalized spacial score (nSPS) is 11.5. The van der Waals surface area contributed by atoms with Crippen molar-refractivity contribution in [3.8, 4) is 5.75 Å². The summed E-state index contributed by atoms with van der Waals surface area (Å²) >= 11 is 5.81. The summed E-state index contributed by atoms with van der Waals surface area (Å²) in [6, 6.07) is 6.45. The summed E-state index contributed by atoms with van der Waals surface area (Å²) in [5.74, 6) is -1.24. The van der Waals surface area contributed by atoms with Gasteiger partial charge in [0.25, 0.3) is 0 Å². The maximum atomic E-state index is 11.0. The molecule has 0 aliphatic heterocycles. The molecule has 0 aromatic heterocycles. The van der Waals surface area contributed by atoms with Crippen molar-refractivity contribution < 1.29 is 24.2 Å². The van der Waals surface area contributed by atoms with Crippen molar-refractivity contribution >= 4 is 23.5 Å². The van der Waals surface area contributed by atoms with Gasteiger partial charge in [-0.2, -0.15) is 0 Å². The number of carboxylic acids is 1. The van der Waals surface area contributed by atoms with Gasteiger partial charge in [-0.25, -0.2) is 9.59 Å². The number of esters is 1. The van der Waals surface area contributed by atoms with Crippen LogP contribution in [0.4, 0.5) is 0 Å². The number of unbranched alkanes of at least 4 members (excludes halogenated alkanes) is 1. The van der Waals surface area contributed by atoms with Crippen LogP contribution in [0, 0.1) is 0 Å². The molecule has 0 aliphatic carbocycles. The molecule has 1 rings (SSSR count). The van der Waals surface area contributed by atoms with Gasteiger partial charge in [-0.05, 0) is 31.4 Å². The summed E-state index contributed by atoms with van der Waals surface area (Å²) in [5.41, 5.74) is -0.561. The minimum atomic E-state index is -1.03. The number of alkyl halides is 1. The smallest absolute Gasteiger partial charge is 0.339 e. The van der Waals surface area contributed by atoms with Crippen LogP contribution in [0.2, 0.25) is 0 Å². The molecule has 0 bridgehead atoms. The summed E-state index contributed by atoms with van der Waals surface area (Å²) < 4.78 is 10.2. The molecule has 1 aromatic rings. The Balaban J connectivity index is 2.27. The number of hydrogen-bond acceptors (Lipinski definition) is 4. The molecule has 0 fully saturated rings. The molecule has 1 unspecified atom stereocenters. The Labute approximate surface area is 128 Å². The van der Waals surface area contributed by atoms with E-state index in [0.29, 0.717) is 31.6 Å². The molecule has 1 N–H and O–H groups in total. The minimum absolute atomic E-state index is 0.132. The predicted octanol–water partition coefficient (Wildman–Crippen LogP) is 3.23. The summed E-state index contributed by atoms with van der Waals surface area (Å²) in [6.45, 7) is 3.64. The van der Waals surface area contributed by atoms with Crippen LogP contribution in [0.1, 0.15) is 29.6 Å². The zero-order valence-corrected chi connectivity index (χ0v) is 12.2. The van der Waals surface area contributed by atoms with Crippen LogP contribution >= 0.6 is 11.6 Å². The van der Waals surface area contributed by atoms with Crippen LogP contribution in [0.5, 0.6) is 5.75 Å². The van der Waals surface area contributed by atoms with Gasteiger partial charge in [0.1, 0.15) is 11.3 Å². The summed E-state index contributed by atoms with van der Waals surface area (Å²) in [7, 11) is 0. The zero-order chi connectivity index (χ0) is 15.7. The number of carbonyl (C=O) groups excluding carboxylic acids is 1. The number of ether oxygens (including phenoxy) is 2. The van der Waals surface area contributed by atoms with E-state index < -0.39 is 17.5 Å². The Kier molecular flexibility index (Phi) is 7.32. The van der Waals surface area contributed by atoms with Crippen LogP contribution in [0.3, 0.4) is 0 Å². The van der Waals surface area contributed by atoms with Gasteiger partial charge in [0, 0.05) is 6.08 Å². The molecule has 6 heteroatoms. The van der Waals surface area contributed by atoms with Gasteiger partial charge in [-0.15, -0.1) is 0 Å². The fourth-order valence-electron chi connectivity index (χ4n) is 1.59. The van der Waals surface area contributed by atoms with Crippen LogP contribution in [-0.4, -0.2) is 29.2 Å². The maximum Gasteiger partial charge on any atom is 0.339 e. The van der Waals surface area contributed by atoms with Gasteiger partial charge in [0.2, 0.25) is 0 Å². The van der Waals surface area contributed by atoms with Crippen molar-refractivity contribution in [1.82, 2.24) is 0 Å². The standard InChI is InChI=1S/C15H17ClO5/c1-2-14(17)21-13(16)9-5-6-10-20-12-8-4-3-7-11(12)15(18)19/h2-4,7-8,13H,1,5-6,9-10H2,(H,18,19). The van der Waals surface area contributed by atoms with Crippen LogP contribution in [-0.2, 0) is 9.53 Å². The third-order valence-electron chi connectivity index (χ3n) is 2.61. The van der Waals surface area contributed by atoms with E-state index in [-0.39, 0.29) is 5.56 Å². The van der Waals surface area contributed by atoms with Gasteiger partial charge >= 0.3 is 11.9 Å². The van der Waals surface area contributed by atoms with E-state index in [4.69, 9.17) is 26.2 Å². The van der Waals surface area contributed by atoms with E-state index in [1.54, 1.807) is 18.2 Å². The molecule has 114 valence electrons. The Bertz CT molecular complexity index is 501. The van der Waals surface area contributed by atoms with E-state index >= 15 is 0 Å². The van der Waals surface area contributed by atoms with Crippen molar-refractivity contribution in [2.24, 2.45) is 0 Å². The number of halogens is 1. The highest BCUT2D eigenvalue weighted by molar-refractivity contribution is 6.20. The second kappa shape index (κ2) is 9.02. The lowest BCUT2D eigenvalue weighted by Gasteiger charge is -2.11. The Hall–Kier alpha value is -2.01. The highest BCUT2D eigenvalue weighted by atomic mass is 35.5. The third-order valence-corrected chi connectivity index (χ3v) is 2.92. The lowest BCUT2D eigenvalue weighted by molar-refractivity contribution is -0.139. The third kappa shape index (κ3) is 6.31. The van der Waals surface area contributed by atoms with Crippen molar-refractivity contribution in [3.63, 3.8) is 0 Å². The largest absolute Gasteiger partial charge is 0.493 e. The minimum Gasteiger partial charge on any atom is -0.493 e. The number of aromatic carboxylic acids is 1. The van der Waals surface area contributed by atoms with Gasteiger partial charge in [-0.3, -0.25) is 0 Å². The van der Waals surface area contributed by atoms with E-state index in [1.807, 2.05) is 0 Å². The van der Waals surface area contributed by atoms with E-state index in [0.717, 1.165) is 6.08 Å². The lowest BCUT2D eigenvalue weighted by Crippen LogP contribution is -2.11. The Morgan fingerprint density at radius 1 is 1.33 bits per heavy atom. The first-order valence-corrected chi connectivity index (χ1v) is 6.90. The summed E-state index contributed by atoms with van der Waals surface area (Å²) in [6.07, 6.45) is 2.91. The zero-order valence-electron chi connectivity index (χ0n) is 11.5. The average Bonchev–Trinajstić information content (AvgIpc) is 2.47. The number of carboxylic acid groups (broad SMARTS) is 1. The summed E-state index contributed by atoms with van der Waals surface area (Å²) in [4.78, 5) is 21.9. The molecule has 0 saturated carbocycles. The predicted molar refractivity (Wildman–Crippen MR) is 78.7 cm³/mol. The number of hydrogen-bond donors (Lipinski definition) is 1. The Morgan fingerprint density at radius 3 is 2.71 bits per heavy atom. The molecule has 21 heavy (non-hydrogen) atoms. The molecule has 1 atom stereocenters. The number of rotatable bonds is 9. The van der Waals surface area contributed by atoms with Crippen molar-refractivity contribution in [1.29, 1.82) is 0 Å². The van der Waals surface area contributed by atoms with Crippen LogP contribution < -0.4 is 4.74 Å². The fraction of sp³-hybridized carbons (Fsp3) is 0.333. The molecule has 5 nitrogen and oxygen atoms in total. The first-order chi connectivity index (χ1) is 10.0. The van der Waals surface area contributed by atoms with Crippen molar-refractivity contribution in [3.05, 3.63) is 42.5 Å². The SMILES string of the molecule is C=CC(=O)OC(Cl)CCCCOc1ccccc1C(=O)O. The number of carbonyl (C=O) groups is 2. The van der Waals surface area contributed by atoms with Crippen molar-refractivity contribution in [2.75, 3.05) is 6.61 Å². The molecule has 1 aromatic carbocycles. The second-order valence-electron chi connectivity index (χ2n) is 4.20. The number of para-hydroxylation sites is 1. The lowest BCUT2D eigenvalue weighted by atomic mass is 10.2.